The van der Waals surface area contributed by atoms with Crippen molar-refractivity contribution in [3.8, 4) is 0 Å². The highest BCUT2D eigenvalue weighted by Crippen LogP contribution is 2.50. The summed E-state index contributed by atoms with van der Waals surface area (Å²) in [6.07, 6.45) is 1.34. The zero-order valence-corrected chi connectivity index (χ0v) is 6.29. The quantitative estimate of drug-likeness (QED) is 0.578. The predicted molar refractivity (Wildman–Crippen MR) is 38.2 cm³/mol. The topological polar surface area (TPSA) is 26.0 Å². The summed E-state index contributed by atoms with van der Waals surface area (Å²) in [5.74, 6) is 0.826. The van der Waals surface area contributed by atoms with Crippen molar-refractivity contribution in [1.82, 2.24) is 0 Å². The van der Waals surface area contributed by atoms with Gasteiger partial charge in [-0.3, -0.25) is 0 Å². The number of hydrogen-bond acceptors (Lipinski definition) is 1. The molecule has 1 aliphatic carbocycles. The first-order chi connectivity index (χ1) is 3.17. The van der Waals surface area contributed by atoms with E-state index in [1.165, 1.54) is 6.42 Å². The van der Waals surface area contributed by atoms with E-state index in [1.54, 1.807) is 0 Å². The van der Waals surface area contributed by atoms with Gasteiger partial charge in [-0.15, -0.1) is 12.4 Å². The molecule has 1 nitrogen and oxygen atoms in total. The number of nitrogens with two attached hydrogens (primary N) is 1. The molecule has 50 valence electrons. The van der Waals surface area contributed by atoms with Crippen molar-refractivity contribution < 1.29 is 0 Å². The normalized spacial score (nSPS) is 31.1. The van der Waals surface area contributed by atoms with Crippen molar-refractivity contribution in [2.45, 2.75) is 20.3 Å². The maximum atomic E-state index is 5.41. The molecule has 0 aromatic carbocycles. The Morgan fingerprint density at radius 1 is 1.62 bits per heavy atom. The molecule has 0 aromatic heterocycles. The van der Waals surface area contributed by atoms with E-state index in [2.05, 4.69) is 13.8 Å². The number of halogens is 1. The Morgan fingerprint density at radius 2 is 2.00 bits per heavy atom. The fourth-order valence-corrected chi connectivity index (χ4v) is 0.979. The molecule has 1 atom stereocenters. The molecule has 1 saturated carbocycles. The molecule has 0 saturated heterocycles. The average molecular weight is 136 g/mol. The summed E-state index contributed by atoms with van der Waals surface area (Å²) in [6.45, 7) is 5.42. The van der Waals surface area contributed by atoms with E-state index in [0.717, 1.165) is 12.5 Å². The number of hydrogen-bond donors (Lipinski definition) is 1. The van der Waals surface area contributed by atoms with Crippen LogP contribution in [0.1, 0.15) is 20.3 Å². The molecule has 0 aromatic rings. The van der Waals surface area contributed by atoms with Crippen molar-refractivity contribution in [2.24, 2.45) is 17.1 Å². The molecular weight excluding hydrogens is 122 g/mol. The van der Waals surface area contributed by atoms with Gasteiger partial charge in [-0.2, -0.15) is 0 Å². The van der Waals surface area contributed by atoms with Crippen molar-refractivity contribution in [3.05, 3.63) is 0 Å². The lowest BCUT2D eigenvalue weighted by atomic mass is 10.1. The SMILES string of the molecule is CC1(C)C[C@@H]1CN.Cl. The van der Waals surface area contributed by atoms with Crippen LogP contribution in [-0.4, -0.2) is 6.54 Å². The first-order valence-electron chi connectivity index (χ1n) is 2.87. The second kappa shape index (κ2) is 2.24. The highest BCUT2D eigenvalue weighted by molar-refractivity contribution is 5.85. The second-order valence-corrected chi connectivity index (χ2v) is 3.13. The minimum atomic E-state index is 0. The van der Waals surface area contributed by atoms with Crippen LogP contribution in [0.2, 0.25) is 0 Å². The van der Waals surface area contributed by atoms with Crippen molar-refractivity contribution in [2.75, 3.05) is 6.54 Å². The van der Waals surface area contributed by atoms with Crippen LogP contribution < -0.4 is 5.73 Å². The van der Waals surface area contributed by atoms with E-state index in [-0.39, 0.29) is 12.4 Å². The maximum absolute atomic E-state index is 5.41. The molecule has 2 N–H and O–H groups in total. The van der Waals surface area contributed by atoms with Gasteiger partial charge in [0.2, 0.25) is 0 Å². The van der Waals surface area contributed by atoms with Crippen LogP contribution in [0.5, 0.6) is 0 Å². The molecule has 1 rings (SSSR count). The van der Waals surface area contributed by atoms with Crippen molar-refractivity contribution >= 4 is 12.4 Å². The largest absolute Gasteiger partial charge is 0.330 e. The Kier molecular flexibility index (Phi) is 2.31. The summed E-state index contributed by atoms with van der Waals surface area (Å²) in [6, 6.07) is 0. The molecule has 0 amide bonds. The maximum Gasteiger partial charge on any atom is -0.00436 e. The molecule has 8 heavy (non-hydrogen) atoms. The van der Waals surface area contributed by atoms with E-state index >= 15 is 0 Å². The van der Waals surface area contributed by atoms with Gasteiger partial charge in [-0.05, 0) is 24.3 Å². The zero-order valence-electron chi connectivity index (χ0n) is 5.48. The van der Waals surface area contributed by atoms with Gasteiger partial charge in [-0.1, -0.05) is 13.8 Å². The summed E-state index contributed by atoms with van der Waals surface area (Å²) >= 11 is 0. The zero-order chi connectivity index (χ0) is 5.49. The first-order valence-corrected chi connectivity index (χ1v) is 2.87. The van der Waals surface area contributed by atoms with Gasteiger partial charge >= 0.3 is 0 Å². The molecule has 0 bridgehead atoms. The third kappa shape index (κ3) is 1.36. The van der Waals surface area contributed by atoms with Crippen LogP contribution in [0.25, 0.3) is 0 Å². The predicted octanol–water partition coefficient (Wildman–Crippen LogP) is 1.41. The molecule has 0 unspecified atom stereocenters. The fraction of sp³-hybridized carbons (Fsp3) is 1.00. The minimum Gasteiger partial charge on any atom is -0.330 e. The summed E-state index contributed by atoms with van der Waals surface area (Å²) in [5.41, 5.74) is 6.00. The lowest BCUT2D eigenvalue weighted by molar-refractivity contribution is 0.565. The highest BCUT2D eigenvalue weighted by atomic mass is 35.5. The van der Waals surface area contributed by atoms with Gasteiger partial charge in [-0.25, -0.2) is 0 Å². The summed E-state index contributed by atoms with van der Waals surface area (Å²) in [4.78, 5) is 0. The number of rotatable bonds is 1. The van der Waals surface area contributed by atoms with E-state index in [1.807, 2.05) is 0 Å². The Labute approximate surface area is 57.1 Å². The third-order valence-electron chi connectivity index (χ3n) is 2.00. The lowest BCUT2D eigenvalue weighted by Crippen LogP contribution is -2.04. The Hall–Kier alpha value is 0.250. The van der Waals surface area contributed by atoms with Crippen LogP contribution in [0.4, 0.5) is 0 Å². The molecule has 0 radical (unpaired) electrons. The molecule has 0 heterocycles. The van der Waals surface area contributed by atoms with Gasteiger partial charge in [0, 0.05) is 0 Å². The van der Waals surface area contributed by atoms with E-state index in [0.29, 0.717) is 5.41 Å². The standard InChI is InChI=1S/C6H13N.ClH/c1-6(2)3-5(6)4-7;/h5H,3-4,7H2,1-2H3;1H/t5-;/m1./s1. The second-order valence-electron chi connectivity index (χ2n) is 3.13. The molecule has 0 aliphatic heterocycles. The van der Waals surface area contributed by atoms with Crippen LogP contribution in [0, 0.1) is 11.3 Å². The Morgan fingerprint density at radius 3 is 2.00 bits per heavy atom. The minimum absolute atomic E-state index is 0. The highest BCUT2D eigenvalue weighted by Gasteiger charge is 2.43. The van der Waals surface area contributed by atoms with Gasteiger partial charge in [0.1, 0.15) is 0 Å². The van der Waals surface area contributed by atoms with Gasteiger partial charge in [0.05, 0.1) is 0 Å². The van der Waals surface area contributed by atoms with E-state index in [4.69, 9.17) is 5.73 Å². The molecule has 1 aliphatic rings. The van der Waals surface area contributed by atoms with Crippen molar-refractivity contribution in [3.63, 3.8) is 0 Å². The van der Waals surface area contributed by atoms with E-state index < -0.39 is 0 Å². The third-order valence-corrected chi connectivity index (χ3v) is 2.00. The van der Waals surface area contributed by atoms with Crippen LogP contribution in [0.3, 0.4) is 0 Å². The van der Waals surface area contributed by atoms with Gasteiger partial charge in [0.25, 0.3) is 0 Å². The summed E-state index contributed by atoms with van der Waals surface area (Å²) in [7, 11) is 0. The average Bonchev–Trinajstić information content (AvgIpc) is 2.13. The lowest BCUT2D eigenvalue weighted by Gasteiger charge is -1.95. The molecule has 2 heteroatoms. The van der Waals surface area contributed by atoms with Crippen LogP contribution >= 0.6 is 12.4 Å². The first kappa shape index (κ1) is 8.25. The van der Waals surface area contributed by atoms with E-state index in [9.17, 15) is 0 Å². The van der Waals surface area contributed by atoms with Crippen molar-refractivity contribution in [1.29, 1.82) is 0 Å². The molecule has 1 fully saturated rings. The molecule has 0 spiro atoms. The summed E-state index contributed by atoms with van der Waals surface area (Å²) in [5, 5.41) is 0. The van der Waals surface area contributed by atoms with Crippen LogP contribution in [-0.2, 0) is 0 Å². The van der Waals surface area contributed by atoms with Gasteiger partial charge < -0.3 is 5.73 Å². The summed E-state index contributed by atoms with van der Waals surface area (Å²) < 4.78 is 0. The Bertz CT molecular complexity index is 80.6. The van der Waals surface area contributed by atoms with Gasteiger partial charge in [0.15, 0.2) is 0 Å². The molecular formula is C6H14ClN. The van der Waals surface area contributed by atoms with Crippen LogP contribution in [0.15, 0.2) is 0 Å². The fourth-order valence-electron chi connectivity index (χ4n) is 0.979. The monoisotopic (exact) mass is 135 g/mol. The smallest absolute Gasteiger partial charge is 0.00436 e. The Balaban J connectivity index is 0.000000490.